The maximum Gasteiger partial charge on any atom is 0.254 e. The van der Waals surface area contributed by atoms with Gasteiger partial charge in [-0.2, -0.15) is 0 Å². The maximum atomic E-state index is 11.7. The first-order valence-electron chi connectivity index (χ1n) is 5.71. The molecule has 0 saturated carbocycles. The van der Waals surface area contributed by atoms with Gasteiger partial charge in [0.2, 0.25) is 0 Å². The van der Waals surface area contributed by atoms with Crippen LogP contribution in [0.2, 0.25) is 0 Å². The van der Waals surface area contributed by atoms with Crippen LogP contribution in [0.3, 0.4) is 0 Å². The molecule has 0 radical (unpaired) electrons. The zero-order chi connectivity index (χ0) is 13.8. The van der Waals surface area contributed by atoms with E-state index in [1.54, 1.807) is 50.6 Å². The number of rotatable bonds is 3. The van der Waals surface area contributed by atoms with Crippen LogP contribution in [0.25, 0.3) is 0 Å². The summed E-state index contributed by atoms with van der Waals surface area (Å²) >= 11 is 1.43. The molecule has 1 aromatic carbocycles. The van der Waals surface area contributed by atoms with Crippen LogP contribution >= 0.6 is 11.8 Å². The fourth-order valence-electron chi connectivity index (χ4n) is 1.49. The number of phenols is 1. The monoisotopic (exact) mass is 274 g/mol. The smallest absolute Gasteiger partial charge is 0.254 e. The van der Waals surface area contributed by atoms with Crippen molar-refractivity contribution in [2.24, 2.45) is 0 Å². The number of aromatic nitrogens is 1. The fraction of sp³-hybridized carbons (Fsp3) is 0.143. The third kappa shape index (κ3) is 3.48. The average molecular weight is 274 g/mol. The van der Waals surface area contributed by atoms with Gasteiger partial charge in [-0.3, -0.25) is 4.79 Å². The largest absolute Gasteiger partial charge is 0.508 e. The molecule has 1 heterocycles. The lowest BCUT2D eigenvalue weighted by Crippen LogP contribution is -2.21. The summed E-state index contributed by atoms with van der Waals surface area (Å²) in [4.78, 5) is 18.4. The van der Waals surface area contributed by atoms with Crippen molar-refractivity contribution in [1.82, 2.24) is 9.88 Å². The number of aromatic hydroxyl groups is 1. The second kappa shape index (κ2) is 5.75. The van der Waals surface area contributed by atoms with E-state index < -0.39 is 0 Å². The summed E-state index contributed by atoms with van der Waals surface area (Å²) in [6.07, 6.45) is 1.56. The van der Waals surface area contributed by atoms with E-state index in [9.17, 15) is 9.90 Å². The van der Waals surface area contributed by atoms with Gasteiger partial charge >= 0.3 is 0 Å². The normalized spacial score (nSPS) is 10.2. The van der Waals surface area contributed by atoms with Gasteiger partial charge in [0.25, 0.3) is 5.91 Å². The van der Waals surface area contributed by atoms with Crippen LogP contribution < -0.4 is 0 Å². The van der Waals surface area contributed by atoms with Gasteiger partial charge in [0.05, 0.1) is 5.56 Å². The molecule has 1 N–H and O–H groups in total. The summed E-state index contributed by atoms with van der Waals surface area (Å²) in [6.45, 7) is 0. The minimum absolute atomic E-state index is 0.0681. The molecule has 98 valence electrons. The minimum Gasteiger partial charge on any atom is -0.508 e. The molecule has 0 spiro atoms. The van der Waals surface area contributed by atoms with Crippen molar-refractivity contribution in [2.75, 3.05) is 14.1 Å². The van der Waals surface area contributed by atoms with Gasteiger partial charge in [0, 0.05) is 25.2 Å². The molecule has 1 aromatic heterocycles. The van der Waals surface area contributed by atoms with Gasteiger partial charge in [-0.15, -0.1) is 0 Å². The first kappa shape index (κ1) is 13.4. The molecule has 2 rings (SSSR count). The van der Waals surface area contributed by atoms with E-state index in [1.165, 1.54) is 16.7 Å². The van der Waals surface area contributed by atoms with Gasteiger partial charge < -0.3 is 10.0 Å². The lowest BCUT2D eigenvalue weighted by Gasteiger charge is -2.09. The predicted octanol–water partition coefficient (Wildman–Crippen LogP) is 2.64. The van der Waals surface area contributed by atoms with Crippen molar-refractivity contribution >= 4 is 17.7 Å². The fourth-order valence-corrected chi connectivity index (χ4v) is 2.30. The summed E-state index contributed by atoms with van der Waals surface area (Å²) < 4.78 is 0. The van der Waals surface area contributed by atoms with E-state index in [1.807, 2.05) is 6.07 Å². The van der Waals surface area contributed by atoms with E-state index in [0.29, 0.717) is 5.56 Å². The highest BCUT2D eigenvalue weighted by Crippen LogP contribution is 2.28. The van der Waals surface area contributed by atoms with Crippen LogP contribution in [0, 0.1) is 0 Å². The number of hydrogen-bond acceptors (Lipinski definition) is 4. The van der Waals surface area contributed by atoms with Crippen LogP contribution in [-0.4, -0.2) is 35.0 Å². The molecule has 0 aliphatic rings. The molecular formula is C14H14N2O2S. The number of phenolic OH excluding ortho intramolecular Hbond substituents is 1. The topological polar surface area (TPSA) is 53.4 Å². The Bertz CT molecular complexity index is 582. The standard InChI is InChI=1S/C14H14N2O2S/c1-16(2)14(18)10-6-7-13(15-9-10)19-12-5-3-4-11(17)8-12/h3-9,17H,1-2H3. The predicted molar refractivity (Wildman–Crippen MR) is 74.5 cm³/mol. The van der Waals surface area contributed by atoms with E-state index >= 15 is 0 Å². The number of amides is 1. The summed E-state index contributed by atoms with van der Waals surface area (Å²) in [7, 11) is 3.41. The quantitative estimate of drug-likeness (QED) is 0.935. The van der Waals surface area contributed by atoms with Gasteiger partial charge in [0.15, 0.2) is 0 Å². The molecule has 1 amide bonds. The van der Waals surface area contributed by atoms with Crippen molar-refractivity contribution < 1.29 is 9.90 Å². The molecule has 0 atom stereocenters. The summed E-state index contributed by atoms with van der Waals surface area (Å²) in [5.74, 6) is 0.158. The second-order valence-electron chi connectivity index (χ2n) is 4.18. The molecule has 0 aliphatic heterocycles. The number of carbonyl (C=O) groups is 1. The first-order chi connectivity index (χ1) is 9.06. The summed E-state index contributed by atoms with van der Waals surface area (Å²) in [6, 6.07) is 10.5. The highest BCUT2D eigenvalue weighted by Gasteiger charge is 2.08. The third-order valence-corrected chi connectivity index (χ3v) is 3.37. The van der Waals surface area contributed by atoms with Crippen LogP contribution in [-0.2, 0) is 0 Å². The lowest BCUT2D eigenvalue weighted by atomic mass is 10.2. The molecular weight excluding hydrogens is 260 g/mol. The molecule has 0 bridgehead atoms. The van der Waals surface area contributed by atoms with E-state index in [2.05, 4.69) is 4.98 Å². The average Bonchev–Trinajstić information content (AvgIpc) is 2.39. The third-order valence-electron chi connectivity index (χ3n) is 2.43. The van der Waals surface area contributed by atoms with Gasteiger partial charge in [-0.25, -0.2) is 4.98 Å². The van der Waals surface area contributed by atoms with Crippen molar-refractivity contribution in [3.05, 3.63) is 48.2 Å². The Morgan fingerprint density at radius 1 is 1.26 bits per heavy atom. The Hall–Kier alpha value is -2.01. The zero-order valence-electron chi connectivity index (χ0n) is 10.7. The molecule has 0 unspecified atom stereocenters. The van der Waals surface area contributed by atoms with Crippen molar-refractivity contribution in [2.45, 2.75) is 9.92 Å². The lowest BCUT2D eigenvalue weighted by molar-refractivity contribution is 0.0827. The molecule has 4 nitrogen and oxygen atoms in total. The first-order valence-corrected chi connectivity index (χ1v) is 6.52. The van der Waals surface area contributed by atoms with E-state index in [0.717, 1.165) is 9.92 Å². The number of benzene rings is 1. The molecule has 0 fully saturated rings. The Labute approximate surface area is 116 Å². The number of hydrogen-bond donors (Lipinski definition) is 1. The maximum absolute atomic E-state index is 11.7. The van der Waals surface area contributed by atoms with Crippen molar-refractivity contribution in [3.63, 3.8) is 0 Å². The summed E-state index contributed by atoms with van der Waals surface area (Å²) in [5, 5.41) is 10.2. The van der Waals surface area contributed by atoms with Crippen LogP contribution in [0.15, 0.2) is 52.5 Å². The highest BCUT2D eigenvalue weighted by molar-refractivity contribution is 7.99. The Kier molecular flexibility index (Phi) is 4.06. The van der Waals surface area contributed by atoms with Gasteiger partial charge in [-0.1, -0.05) is 17.8 Å². The van der Waals surface area contributed by atoms with Crippen molar-refractivity contribution in [3.8, 4) is 5.75 Å². The van der Waals surface area contributed by atoms with Crippen LogP contribution in [0.1, 0.15) is 10.4 Å². The van der Waals surface area contributed by atoms with Crippen LogP contribution in [0.5, 0.6) is 5.75 Å². The van der Waals surface area contributed by atoms with E-state index in [-0.39, 0.29) is 11.7 Å². The Balaban J connectivity index is 2.13. The highest BCUT2D eigenvalue weighted by atomic mass is 32.2. The summed E-state index contributed by atoms with van der Waals surface area (Å²) in [5.41, 5.74) is 0.560. The molecule has 0 saturated heterocycles. The Morgan fingerprint density at radius 3 is 2.63 bits per heavy atom. The Morgan fingerprint density at radius 2 is 2.05 bits per heavy atom. The number of pyridine rings is 1. The van der Waals surface area contributed by atoms with Gasteiger partial charge in [0.1, 0.15) is 10.8 Å². The molecule has 0 aliphatic carbocycles. The number of carbonyl (C=O) groups excluding carboxylic acids is 1. The SMILES string of the molecule is CN(C)C(=O)c1ccc(Sc2cccc(O)c2)nc1. The molecule has 2 aromatic rings. The van der Waals surface area contributed by atoms with Crippen molar-refractivity contribution in [1.29, 1.82) is 0 Å². The minimum atomic E-state index is -0.0681. The van der Waals surface area contributed by atoms with Crippen LogP contribution in [0.4, 0.5) is 0 Å². The molecule has 19 heavy (non-hydrogen) atoms. The molecule has 5 heteroatoms. The number of nitrogens with zero attached hydrogens (tertiary/aromatic N) is 2. The second-order valence-corrected chi connectivity index (χ2v) is 5.28. The zero-order valence-corrected chi connectivity index (χ0v) is 11.5. The van der Waals surface area contributed by atoms with E-state index in [4.69, 9.17) is 0 Å². The van der Waals surface area contributed by atoms with Gasteiger partial charge in [-0.05, 0) is 30.3 Å².